The average Bonchev–Trinajstić information content (AvgIpc) is 3.36. The Hall–Kier alpha value is -1.34. The Bertz CT molecular complexity index is 870. The molecule has 0 amide bonds. The maximum absolute atomic E-state index is 11.2. The van der Waals surface area contributed by atoms with Crippen molar-refractivity contribution in [1.82, 2.24) is 9.78 Å². The van der Waals surface area contributed by atoms with Gasteiger partial charge in [0.15, 0.2) is 0 Å². The molecule has 4 nitrogen and oxygen atoms in total. The topological polar surface area (TPSA) is 61.8 Å². The predicted octanol–water partition coefficient (Wildman–Crippen LogP) is 6.05. The highest BCUT2D eigenvalue weighted by molar-refractivity contribution is 5.21. The Morgan fingerprint density at radius 3 is 2.59 bits per heavy atom. The Morgan fingerprint density at radius 1 is 1.09 bits per heavy atom. The van der Waals surface area contributed by atoms with Crippen LogP contribution in [0.1, 0.15) is 91.0 Å². The zero-order valence-corrected chi connectivity index (χ0v) is 20.6. The van der Waals surface area contributed by atoms with Crippen molar-refractivity contribution in [2.75, 3.05) is 0 Å². The van der Waals surface area contributed by atoms with E-state index in [-0.39, 0.29) is 0 Å². The number of nitrogens with zero attached hydrogens (tertiary/aromatic N) is 3. The normalized spacial score (nSPS) is 44.4. The molecule has 4 fully saturated rings. The van der Waals surface area contributed by atoms with E-state index in [1.165, 1.54) is 44.9 Å². The lowest BCUT2D eigenvalue weighted by molar-refractivity contribution is -0.122. The molecule has 1 heterocycles. The first-order valence-electron chi connectivity index (χ1n) is 13.4. The van der Waals surface area contributed by atoms with Crippen LogP contribution in [0.25, 0.3) is 0 Å². The molecular weight excluding hydrogens is 394 g/mol. The van der Waals surface area contributed by atoms with Crippen LogP contribution in [0.4, 0.5) is 0 Å². The molecule has 5 rings (SSSR count). The summed E-state index contributed by atoms with van der Waals surface area (Å²) in [5.41, 5.74) is 0.719. The van der Waals surface area contributed by atoms with Gasteiger partial charge in [0.1, 0.15) is 6.07 Å². The highest BCUT2D eigenvalue weighted by atomic mass is 16.3. The van der Waals surface area contributed by atoms with E-state index in [0.29, 0.717) is 22.8 Å². The van der Waals surface area contributed by atoms with E-state index in [1.54, 1.807) is 6.20 Å². The number of hydrogen-bond donors (Lipinski definition) is 1. The van der Waals surface area contributed by atoms with E-state index in [4.69, 9.17) is 5.26 Å². The molecule has 0 spiro atoms. The van der Waals surface area contributed by atoms with Crippen molar-refractivity contribution in [3.05, 3.63) is 18.0 Å². The van der Waals surface area contributed by atoms with Gasteiger partial charge in [0.2, 0.25) is 0 Å². The molecule has 176 valence electrons. The van der Waals surface area contributed by atoms with E-state index in [1.807, 2.05) is 10.9 Å². The summed E-state index contributed by atoms with van der Waals surface area (Å²) < 4.78 is 1.99. The summed E-state index contributed by atoms with van der Waals surface area (Å²) >= 11 is 0. The largest absolute Gasteiger partial charge is 0.390 e. The van der Waals surface area contributed by atoms with Crippen LogP contribution < -0.4 is 0 Å². The highest BCUT2D eigenvalue weighted by Crippen LogP contribution is 2.66. The van der Waals surface area contributed by atoms with Gasteiger partial charge < -0.3 is 5.11 Å². The van der Waals surface area contributed by atoms with Crippen LogP contribution in [0.2, 0.25) is 0 Å². The van der Waals surface area contributed by atoms with Gasteiger partial charge in [0, 0.05) is 12.7 Å². The molecule has 0 radical (unpaired) electrons. The summed E-state index contributed by atoms with van der Waals surface area (Å²) in [7, 11) is 0. The molecule has 1 N–H and O–H groups in total. The number of hydrogen-bond acceptors (Lipinski definition) is 3. The number of aromatic nitrogens is 2. The van der Waals surface area contributed by atoms with Gasteiger partial charge in [-0.05, 0) is 111 Å². The lowest BCUT2D eigenvalue weighted by atomic mass is 9.48. The van der Waals surface area contributed by atoms with Gasteiger partial charge in [0.05, 0.1) is 17.4 Å². The molecule has 32 heavy (non-hydrogen) atoms. The molecule has 9 atom stereocenters. The fraction of sp³-hybridized carbons (Fsp3) is 0.857. The zero-order valence-electron chi connectivity index (χ0n) is 20.6. The summed E-state index contributed by atoms with van der Waals surface area (Å²) in [4.78, 5) is 0. The highest BCUT2D eigenvalue weighted by Gasteiger charge is 2.58. The van der Waals surface area contributed by atoms with Crippen molar-refractivity contribution in [3.8, 4) is 6.07 Å². The van der Waals surface area contributed by atoms with E-state index >= 15 is 0 Å². The SMILES string of the molecule is CC(Cn1cc(C#N)cn1)[C@H]1CC[C@H]2[C@@H]3CC[C@@H]4C[C@@](O)(C(C)C)CC[C@@H]4[C@H]3CC[C@]12C. The molecule has 1 aromatic heterocycles. The van der Waals surface area contributed by atoms with Crippen LogP contribution in [-0.4, -0.2) is 20.5 Å². The summed E-state index contributed by atoms with van der Waals surface area (Å²) in [5, 5.41) is 24.7. The molecule has 4 saturated carbocycles. The van der Waals surface area contributed by atoms with Crippen molar-refractivity contribution >= 4 is 0 Å². The van der Waals surface area contributed by atoms with Crippen LogP contribution in [0.15, 0.2) is 12.4 Å². The first-order chi connectivity index (χ1) is 15.2. The Labute approximate surface area is 194 Å². The second-order valence-electron chi connectivity index (χ2n) is 12.7. The van der Waals surface area contributed by atoms with Crippen molar-refractivity contribution in [2.24, 2.45) is 52.8 Å². The number of rotatable bonds is 4. The molecule has 0 aliphatic heterocycles. The Kier molecular flexibility index (Phi) is 5.72. The smallest absolute Gasteiger partial charge is 0.102 e. The number of aliphatic hydroxyl groups is 1. The zero-order chi connectivity index (χ0) is 22.7. The molecule has 0 bridgehead atoms. The lowest BCUT2D eigenvalue weighted by Crippen LogP contribution is -2.52. The van der Waals surface area contributed by atoms with Gasteiger partial charge >= 0.3 is 0 Å². The molecule has 4 aliphatic carbocycles. The fourth-order valence-corrected chi connectivity index (χ4v) is 9.35. The van der Waals surface area contributed by atoms with Crippen LogP contribution in [0.5, 0.6) is 0 Å². The number of fused-ring (bicyclic) bond motifs is 5. The van der Waals surface area contributed by atoms with Crippen LogP contribution in [0.3, 0.4) is 0 Å². The average molecular weight is 438 g/mol. The van der Waals surface area contributed by atoms with E-state index in [9.17, 15) is 5.11 Å². The minimum absolute atomic E-state index is 0.381. The minimum Gasteiger partial charge on any atom is -0.390 e. The van der Waals surface area contributed by atoms with Crippen molar-refractivity contribution in [1.29, 1.82) is 5.26 Å². The molecule has 4 aliphatic rings. The van der Waals surface area contributed by atoms with Crippen LogP contribution in [0, 0.1) is 64.1 Å². The maximum Gasteiger partial charge on any atom is 0.102 e. The third kappa shape index (κ3) is 3.54. The summed E-state index contributed by atoms with van der Waals surface area (Å²) in [6.45, 7) is 10.4. The van der Waals surface area contributed by atoms with Gasteiger partial charge in [-0.1, -0.05) is 27.7 Å². The molecule has 1 aromatic rings. The Balaban J connectivity index is 1.28. The van der Waals surface area contributed by atoms with E-state index in [2.05, 4.69) is 38.9 Å². The van der Waals surface area contributed by atoms with Gasteiger partial charge in [-0.3, -0.25) is 4.68 Å². The summed E-state index contributed by atoms with van der Waals surface area (Å²) in [6.07, 6.45) is 15.2. The van der Waals surface area contributed by atoms with E-state index in [0.717, 1.165) is 54.9 Å². The summed E-state index contributed by atoms with van der Waals surface area (Å²) in [5.74, 6) is 6.06. The van der Waals surface area contributed by atoms with Gasteiger partial charge in [-0.2, -0.15) is 10.4 Å². The molecule has 0 aromatic carbocycles. The molecule has 4 heteroatoms. The quantitative estimate of drug-likeness (QED) is 0.624. The van der Waals surface area contributed by atoms with Crippen molar-refractivity contribution in [3.63, 3.8) is 0 Å². The monoisotopic (exact) mass is 437 g/mol. The van der Waals surface area contributed by atoms with Crippen LogP contribution >= 0.6 is 0 Å². The molecule has 1 unspecified atom stereocenters. The van der Waals surface area contributed by atoms with Gasteiger partial charge in [-0.25, -0.2) is 0 Å². The molecular formula is C28H43N3O. The second-order valence-corrected chi connectivity index (χ2v) is 12.7. The second kappa shape index (κ2) is 8.15. The predicted molar refractivity (Wildman–Crippen MR) is 126 cm³/mol. The number of nitriles is 1. The van der Waals surface area contributed by atoms with Crippen molar-refractivity contribution in [2.45, 2.75) is 97.6 Å². The third-order valence-electron chi connectivity index (χ3n) is 11.1. The summed E-state index contributed by atoms with van der Waals surface area (Å²) in [6, 6.07) is 2.21. The lowest BCUT2D eigenvalue weighted by Gasteiger charge is -2.58. The van der Waals surface area contributed by atoms with Gasteiger partial charge in [-0.15, -0.1) is 0 Å². The van der Waals surface area contributed by atoms with E-state index < -0.39 is 5.60 Å². The van der Waals surface area contributed by atoms with Gasteiger partial charge in [0.25, 0.3) is 0 Å². The molecule has 0 saturated heterocycles. The fourth-order valence-electron chi connectivity index (χ4n) is 9.35. The standard InChI is InChI=1S/C28H43N3O/c1-18(2)28(32)12-10-22-21(13-28)5-6-24-23(22)9-11-27(4)25(7-8-26(24)27)19(3)16-31-17-20(14-29)15-30-31/h15,17-19,21-26,32H,5-13,16H2,1-4H3/t19?,21-,22+,23-,24-,25-,26+,27-,28-/m1/s1. The first kappa shape index (κ1) is 22.5. The maximum atomic E-state index is 11.2. The minimum atomic E-state index is -0.414. The van der Waals surface area contributed by atoms with Crippen LogP contribution in [-0.2, 0) is 6.54 Å². The Morgan fingerprint density at radius 2 is 1.88 bits per heavy atom. The first-order valence-corrected chi connectivity index (χ1v) is 13.4. The van der Waals surface area contributed by atoms with Crippen molar-refractivity contribution < 1.29 is 5.11 Å². The third-order valence-corrected chi connectivity index (χ3v) is 11.1.